The first kappa shape index (κ1) is 12.8. The zero-order valence-corrected chi connectivity index (χ0v) is 11.5. The lowest BCUT2D eigenvalue weighted by atomic mass is 10.2. The van der Waals surface area contributed by atoms with Crippen LogP contribution in [-0.4, -0.2) is 14.9 Å². The van der Waals surface area contributed by atoms with Crippen LogP contribution in [0, 0.1) is 20.8 Å². The lowest BCUT2D eigenvalue weighted by molar-refractivity contribution is 0.417. The summed E-state index contributed by atoms with van der Waals surface area (Å²) in [7, 11) is 1.82. The number of aryl methyl sites for hydroxylation is 3. The molecule has 0 aliphatic heterocycles. The Morgan fingerprint density at radius 3 is 2.50 bits per heavy atom. The molecular weight excluding hydrogens is 252 g/mol. The Balaban J connectivity index is 2.43. The van der Waals surface area contributed by atoms with E-state index < -0.39 is 0 Å². The second kappa shape index (κ2) is 4.53. The summed E-state index contributed by atoms with van der Waals surface area (Å²) in [4.78, 5) is 0. The molecule has 0 saturated heterocycles. The molecule has 0 amide bonds. The molecule has 0 aliphatic rings. The molecule has 0 radical (unpaired) electrons. The number of phenolic OH excluding ortho intramolecular Hbond substituents is 1. The average Bonchev–Trinajstić information content (AvgIpc) is 2.52. The fraction of sp³-hybridized carbons (Fsp3) is 0.308. The van der Waals surface area contributed by atoms with Crippen LogP contribution in [0.1, 0.15) is 16.8 Å². The molecule has 1 heterocycles. The van der Waals surface area contributed by atoms with Crippen molar-refractivity contribution in [2.45, 2.75) is 20.8 Å². The normalized spacial score (nSPS) is 10.7. The summed E-state index contributed by atoms with van der Waals surface area (Å²) in [6, 6.07) is 3.18. The second-order valence-corrected chi connectivity index (χ2v) is 4.72. The maximum Gasteiger partial charge on any atom is 0.220 e. The van der Waals surface area contributed by atoms with E-state index in [1.54, 1.807) is 10.7 Å². The number of hydrogen-bond donors (Lipinski definition) is 1. The zero-order valence-electron chi connectivity index (χ0n) is 10.8. The summed E-state index contributed by atoms with van der Waals surface area (Å²) in [5.41, 5.74) is 2.76. The van der Waals surface area contributed by atoms with Gasteiger partial charge in [0, 0.05) is 18.7 Å². The van der Waals surface area contributed by atoms with Gasteiger partial charge in [-0.05, 0) is 32.4 Å². The summed E-state index contributed by atoms with van der Waals surface area (Å²) in [5.74, 6) is 1.24. The largest absolute Gasteiger partial charge is 0.506 e. The van der Waals surface area contributed by atoms with Gasteiger partial charge in [-0.25, -0.2) is 4.68 Å². The fourth-order valence-electron chi connectivity index (χ4n) is 1.74. The first-order valence-corrected chi connectivity index (χ1v) is 5.95. The van der Waals surface area contributed by atoms with Gasteiger partial charge < -0.3 is 9.84 Å². The van der Waals surface area contributed by atoms with E-state index in [1.807, 2.05) is 27.8 Å². The Hall–Kier alpha value is -1.68. The number of hydrogen-bond acceptors (Lipinski definition) is 3. The second-order valence-electron chi connectivity index (χ2n) is 4.31. The standard InChI is InChI=1S/C13H15ClN2O2/c1-7-5-10(14)11(17)6-12(7)18-13-8(2)9(3)15-16(13)4/h5-6,17H,1-4H3. The van der Waals surface area contributed by atoms with Crippen LogP contribution in [0.2, 0.25) is 5.02 Å². The Morgan fingerprint density at radius 1 is 1.28 bits per heavy atom. The van der Waals surface area contributed by atoms with Crippen LogP contribution < -0.4 is 4.74 Å². The smallest absolute Gasteiger partial charge is 0.220 e. The minimum absolute atomic E-state index is 0.00816. The SMILES string of the molecule is Cc1cc(Cl)c(O)cc1Oc1c(C)c(C)nn1C. The molecule has 18 heavy (non-hydrogen) atoms. The van der Waals surface area contributed by atoms with Crippen molar-refractivity contribution < 1.29 is 9.84 Å². The Morgan fingerprint density at radius 2 is 1.94 bits per heavy atom. The third-order valence-corrected chi connectivity index (χ3v) is 3.21. The topological polar surface area (TPSA) is 47.3 Å². The molecule has 0 aliphatic carbocycles. The summed E-state index contributed by atoms with van der Waals surface area (Å²) in [5, 5.41) is 14.2. The van der Waals surface area contributed by atoms with Crippen molar-refractivity contribution in [3.8, 4) is 17.4 Å². The average molecular weight is 267 g/mol. The van der Waals surface area contributed by atoms with E-state index in [2.05, 4.69) is 5.10 Å². The van der Waals surface area contributed by atoms with E-state index >= 15 is 0 Å². The molecule has 1 aromatic heterocycles. The highest BCUT2D eigenvalue weighted by Gasteiger charge is 2.13. The minimum atomic E-state index is 0.00816. The molecule has 2 aromatic rings. The predicted molar refractivity (Wildman–Crippen MR) is 70.6 cm³/mol. The molecule has 5 heteroatoms. The molecule has 1 N–H and O–H groups in total. The van der Waals surface area contributed by atoms with Crippen LogP contribution in [0.25, 0.3) is 0 Å². The van der Waals surface area contributed by atoms with E-state index in [0.29, 0.717) is 16.7 Å². The van der Waals surface area contributed by atoms with Crippen LogP contribution >= 0.6 is 11.6 Å². The molecule has 96 valence electrons. The summed E-state index contributed by atoms with van der Waals surface area (Å²) < 4.78 is 7.49. The maximum absolute atomic E-state index is 9.61. The number of nitrogens with zero attached hydrogens (tertiary/aromatic N) is 2. The predicted octanol–water partition coefficient (Wildman–Crippen LogP) is 3.50. The maximum atomic E-state index is 9.61. The van der Waals surface area contributed by atoms with Gasteiger partial charge in [0.2, 0.25) is 5.88 Å². The van der Waals surface area contributed by atoms with E-state index in [0.717, 1.165) is 16.8 Å². The van der Waals surface area contributed by atoms with Gasteiger partial charge in [0.1, 0.15) is 11.5 Å². The van der Waals surface area contributed by atoms with Crippen molar-refractivity contribution in [3.63, 3.8) is 0 Å². The van der Waals surface area contributed by atoms with E-state index in [1.165, 1.54) is 6.07 Å². The molecule has 0 unspecified atom stereocenters. The number of aromatic hydroxyl groups is 1. The van der Waals surface area contributed by atoms with Gasteiger partial charge in [-0.2, -0.15) is 5.10 Å². The zero-order chi connectivity index (χ0) is 13.4. The molecule has 0 bridgehead atoms. The summed E-state index contributed by atoms with van der Waals surface area (Å²) >= 11 is 5.83. The van der Waals surface area contributed by atoms with Gasteiger partial charge in [0.05, 0.1) is 10.7 Å². The number of rotatable bonds is 2. The van der Waals surface area contributed by atoms with Crippen LogP contribution in [0.3, 0.4) is 0 Å². The van der Waals surface area contributed by atoms with Crippen LogP contribution in [0.4, 0.5) is 0 Å². The van der Waals surface area contributed by atoms with Crippen molar-refractivity contribution in [3.05, 3.63) is 34.0 Å². The molecule has 4 nitrogen and oxygen atoms in total. The minimum Gasteiger partial charge on any atom is -0.506 e. The Labute approximate surface area is 111 Å². The van der Waals surface area contributed by atoms with Gasteiger partial charge in [0.25, 0.3) is 0 Å². The molecule has 0 spiro atoms. The third-order valence-electron chi connectivity index (χ3n) is 2.91. The highest BCUT2D eigenvalue weighted by molar-refractivity contribution is 6.32. The van der Waals surface area contributed by atoms with Gasteiger partial charge in [0.15, 0.2) is 0 Å². The number of benzene rings is 1. The van der Waals surface area contributed by atoms with Crippen molar-refractivity contribution in [2.75, 3.05) is 0 Å². The fourth-order valence-corrected chi connectivity index (χ4v) is 1.96. The highest BCUT2D eigenvalue weighted by atomic mass is 35.5. The number of ether oxygens (including phenoxy) is 1. The molecule has 0 saturated carbocycles. The van der Waals surface area contributed by atoms with Crippen LogP contribution in [0.5, 0.6) is 17.4 Å². The quantitative estimate of drug-likeness (QED) is 0.905. The van der Waals surface area contributed by atoms with Gasteiger partial charge >= 0.3 is 0 Å². The summed E-state index contributed by atoms with van der Waals surface area (Å²) in [6.45, 7) is 5.75. The van der Waals surface area contributed by atoms with E-state index in [9.17, 15) is 5.11 Å². The molecule has 1 aromatic carbocycles. The van der Waals surface area contributed by atoms with Crippen LogP contribution in [0.15, 0.2) is 12.1 Å². The van der Waals surface area contributed by atoms with E-state index in [4.69, 9.17) is 16.3 Å². The first-order valence-electron chi connectivity index (χ1n) is 5.57. The molecule has 2 rings (SSSR count). The van der Waals surface area contributed by atoms with Crippen molar-refractivity contribution >= 4 is 11.6 Å². The molecular formula is C13H15ClN2O2. The summed E-state index contributed by atoms with van der Waals surface area (Å²) in [6.07, 6.45) is 0. The Kier molecular flexibility index (Phi) is 3.22. The van der Waals surface area contributed by atoms with E-state index in [-0.39, 0.29) is 5.75 Å². The molecule has 0 atom stereocenters. The lowest BCUT2D eigenvalue weighted by Gasteiger charge is -2.10. The Bertz CT molecular complexity index is 606. The first-order chi connectivity index (χ1) is 8.40. The van der Waals surface area contributed by atoms with Gasteiger partial charge in [-0.3, -0.25) is 0 Å². The number of phenols is 1. The van der Waals surface area contributed by atoms with Crippen molar-refractivity contribution in [1.29, 1.82) is 0 Å². The molecule has 0 fully saturated rings. The number of halogens is 1. The van der Waals surface area contributed by atoms with Crippen molar-refractivity contribution in [2.24, 2.45) is 7.05 Å². The third kappa shape index (κ3) is 2.16. The van der Waals surface area contributed by atoms with Gasteiger partial charge in [-0.15, -0.1) is 0 Å². The van der Waals surface area contributed by atoms with Crippen molar-refractivity contribution in [1.82, 2.24) is 9.78 Å². The lowest BCUT2D eigenvalue weighted by Crippen LogP contribution is -1.97. The van der Waals surface area contributed by atoms with Gasteiger partial charge in [-0.1, -0.05) is 11.6 Å². The monoisotopic (exact) mass is 266 g/mol. The highest BCUT2D eigenvalue weighted by Crippen LogP contribution is 2.35. The number of aromatic nitrogens is 2. The van der Waals surface area contributed by atoms with Crippen LogP contribution in [-0.2, 0) is 7.05 Å².